The number of nitrogens with zero attached hydrogens (tertiary/aromatic N) is 3. The maximum absolute atomic E-state index is 5.19. The average molecular weight is 632 g/mol. The van der Waals surface area contributed by atoms with Crippen LogP contribution in [-0.4, -0.2) is 15.0 Å². The van der Waals surface area contributed by atoms with Gasteiger partial charge >= 0.3 is 0 Å². The van der Waals surface area contributed by atoms with Crippen LogP contribution in [0.25, 0.3) is 74.5 Å². The predicted octanol–water partition coefficient (Wildman–Crippen LogP) is 12.0. The van der Waals surface area contributed by atoms with E-state index in [-0.39, 0.29) is 10.8 Å². The summed E-state index contributed by atoms with van der Waals surface area (Å²) >= 11 is 3.66. The Morgan fingerprint density at radius 1 is 0.435 bits per heavy atom. The largest absolute Gasteiger partial charge is 0.208 e. The van der Waals surface area contributed by atoms with Crippen molar-refractivity contribution in [3.05, 3.63) is 114 Å². The summed E-state index contributed by atoms with van der Waals surface area (Å²) in [6.45, 7) is 9.48. The lowest BCUT2D eigenvalue weighted by atomic mass is 9.63. The minimum absolute atomic E-state index is 0.0929. The monoisotopic (exact) mass is 631 g/mol. The summed E-state index contributed by atoms with van der Waals surface area (Å²) in [6.07, 6.45) is 2.35. The molecule has 224 valence electrons. The van der Waals surface area contributed by atoms with Gasteiger partial charge in [0.05, 0.1) is 0 Å². The van der Waals surface area contributed by atoms with Crippen molar-refractivity contribution >= 4 is 63.0 Å². The maximum atomic E-state index is 5.19. The molecule has 3 aromatic heterocycles. The van der Waals surface area contributed by atoms with E-state index in [1.165, 1.54) is 57.9 Å². The molecule has 5 heteroatoms. The normalized spacial score (nSPS) is 15.6. The summed E-state index contributed by atoms with van der Waals surface area (Å²) in [4.78, 5) is 15.5. The second-order valence-electron chi connectivity index (χ2n) is 14.0. The standard InChI is InChI=1S/C41H33N3S2/c1-40(2)19-20-41(3,4)32-23-26(13-16-31(32)40)39-43-37(24-14-17-35-29(21-24)27-9-5-7-11-33(27)45-35)42-38(44-39)25-15-18-36-30(22-25)28-10-6-8-12-34(28)46-36/h5-18,21-23H,19-20H2,1-4H3. The van der Waals surface area contributed by atoms with Gasteiger partial charge in [-0.1, -0.05) is 76.2 Å². The number of rotatable bonds is 3. The molecule has 0 saturated heterocycles. The highest BCUT2D eigenvalue weighted by atomic mass is 32.1. The average Bonchev–Trinajstić information content (AvgIpc) is 3.64. The highest BCUT2D eigenvalue weighted by Gasteiger charge is 2.37. The van der Waals surface area contributed by atoms with Crippen LogP contribution >= 0.6 is 22.7 Å². The third kappa shape index (κ3) is 4.40. The molecule has 0 unspecified atom stereocenters. The third-order valence-corrected chi connectivity index (χ3v) is 12.3. The molecule has 0 atom stereocenters. The number of aromatic nitrogens is 3. The van der Waals surface area contributed by atoms with E-state index in [0.29, 0.717) is 17.5 Å². The van der Waals surface area contributed by atoms with Gasteiger partial charge in [-0.15, -0.1) is 22.7 Å². The fraction of sp³-hybridized carbons (Fsp3) is 0.195. The summed E-state index contributed by atoms with van der Waals surface area (Å²) in [5.74, 6) is 2.11. The Morgan fingerprint density at radius 2 is 0.848 bits per heavy atom. The number of hydrogen-bond donors (Lipinski definition) is 0. The molecule has 0 radical (unpaired) electrons. The minimum Gasteiger partial charge on any atom is -0.208 e. The van der Waals surface area contributed by atoms with Gasteiger partial charge in [0.2, 0.25) is 0 Å². The van der Waals surface area contributed by atoms with Gasteiger partial charge < -0.3 is 0 Å². The van der Waals surface area contributed by atoms with Crippen LogP contribution in [0, 0.1) is 0 Å². The van der Waals surface area contributed by atoms with Crippen LogP contribution in [0.1, 0.15) is 51.7 Å². The van der Waals surface area contributed by atoms with E-state index in [1.807, 2.05) is 22.7 Å². The van der Waals surface area contributed by atoms with Gasteiger partial charge in [-0.3, -0.25) is 0 Å². The van der Waals surface area contributed by atoms with Gasteiger partial charge in [-0.05, 0) is 89.4 Å². The molecule has 0 N–H and O–H groups in total. The number of benzene rings is 5. The highest BCUT2D eigenvalue weighted by Crippen LogP contribution is 2.47. The lowest BCUT2D eigenvalue weighted by molar-refractivity contribution is 0.332. The minimum atomic E-state index is 0.0929. The van der Waals surface area contributed by atoms with Crippen molar-refractivity contribution in [2.75, 3.05) is 0 Å². The van der Waals surface area contributed by atoms with E-state index in [9.17, 15) is 0 Å². The van der Waals surface area contributed by atoms with Gasteiger partial charge in [-0.2, -0.15) is 0 Å². The molecule has 0 bridgehead atoms. The summed E-state index contributed by atoms with van der Waals surface area (Å²) in [5, 5.41) is 5.03. The van der Waals surface area contributed by atoms with Crippen LogP contribution in [0.15, 0.2) is 103 Å². The Balaban J connectivity index is 1.27. The smallest absolute Gasteiger partial charge is 0.164 e. The van der Waals surface area contributed by atoms with E-state index in [2.05, 4.69) is 131 Å². The first-order chi connectivity index (χ1) is 22.2. The summed E-state index contributed by atoms with van der Waals surface area (Å²) in [7, 11) is 0. The van der Waals surface area contributed by atoms with Crippen molar-refractivity contribution in [2.45, 2.75) is 51.4 Å². The second-order valence-corrected chi connectivity index (χ2v) is 16.1. The molecule has 1 aliphatic carbocycles. The molecule has 46 heavy (non-hydrogen) atoms. The van der Waals surface area contributed by atoms with Crippen molar-refractivity contribution in [2.24, 2.45) is 0 Å². The second kappa shape index (κ2) is 10.0. The lowest BCUT2D eigenvalue weighted by Gasteiger charge is -2.42. The molecule has 9 rings (SSSR count). The van der Waals surface area contributed by atoms with E-state index in [0.717, 1.165) is 23.1 Å². The Bertz CT molecular complexity index is 2370. The van der Waals surface area contributed by atoms with Gasteiger partial charge in [0.1, 0.15) is 0 Å². The Morgan fingerprint density at radius 3 is 1.37 bits per heavy atom. The molecule has 3 nitrogen and oxygen atoms in total. The highest BCUT2D eigenvalue weighted by molar-refractivity contribution is 7.26. The lowest BCUT2D eigenvalue weighted by Crippen LogP contribution is -2.33. The zero-order valence-corrected chi connectivity index (χ0v) is 28.0. The van der Waals surface area contributed by atoms with Gasteiger partial charge in [-0.25, -0.2) is 15.0 Å². The summed E-state index contributed by atoms with van der Waals surface area (Å²) in [6, 6.07) is 37.4. The van der Waals surface area contributed by atoms with Crippen LogP contribution in [-0.2, 0) is 10.8 Å². The van der Waals surface area contributed by atoms with Gasteiger partial charge in [0.15, 0.2) is 17.5 Å². The molecule has 3 heterocycles. The topological polar surface area (TPSA) is 38.7 Å². The Labute approximate surface area is 276 Å². The molecule has 0 amide bonds. The molecule has 8 aromatic rings. The summed E-state index contributed by atoms with van der Waals surface area (Å²) in [5.41, 5.74) is 6.13. The quantitative estimate of drug-likeness (QED) is 0.195. The van der Waals surface area contributed by atoms with E-state index >= 15 is 0 Å². The molecular weight excluding hydrogens is 599 g/mol. The number of fused-ring (bicyclic) bond motifs is 7. The molecule has 0 saturated carbocycles. The van der Waals surface area contributed by atoms with Gasteiger partial charge in [0.25, 0.3) is 0 Å². The predicted molar refractivity (Wildman–Crippen MR) is 197 cm³/mol. The van der Waals surface area contributed by atoms with Crippen molar-refractivity contribution in [3.8, 4) is 34.2 Å². The van der Waals surface area contributed by atoms with Gasteiger partial charge in [0, 0.05) is 57.0 Å². The van der Waals surface area contributed by atoms with Crippen molar-refractivity contribution in [1.82, 2.24) is 15.0 Å². The molecule has 0 fully saturated rings. The molecule has 5 aromatic carbocycles. The van der Waals surface area contributed by atoms with Crippen molar-refractivity contribution < 1.29 is 0 Å². The van der Waals surface area contributed by atoms with Crippen LogP contribution in [0.3, 0.4) is 0 Å². The van der Waals surface area contributed by atoms with Crippen LogP contribution in [0.2, 0.25) is 0 Å². The molecule has 1 aliphatic rings. The van der Waals surface area contributed by atoms with Crippen molar-refractivity contribution in [1.29, 1.82) is 0 Å². The first kappa shape index (κ1) is 27.8. The zero-order chi connectivity index (χ0) is 31.2. The SMILES string of the molecule is CC1(C)CCC(C)(C)c2cc(-c3nc(-c4ccc5sc6ccccc6c5c4)nc(-c4ccc5sc6ccccc6c5c4)n3)ccc21. The van der Waals surface area contributed by atoms with E-state index in [4.69, 9.17) is 15.0 Å². The Kier molecular flexibility index (Phi) is 6.06. The zero-order valence-electron chi connectivity index (χ0n) is 26.4. The molecule has 0 spiro atoms. The molecule has 0 aliphatic heterocycles. The maximum Gasteiger partial charge on any atom is 0.164 e. The number of hydrogen-bond acceptors (Lipinski definition) is 5. The Hall–Kier alpha value is -4.45. The fourth-order valence-electron chi connectivity index (χ4n) is 7.22. The first-order valence-corrected chi connectivity index (χ1v) is 17.6. The molecular formula is C41H33N3S2. The number of thiophene rings is 2. The van der Waals surface area contributed by atoms with Crippen LogP contribution in [0.4, 0.5) is 0 Å². The van der Waals surface area contributed by atoms with E-state index < -0.39 is 0 Å². The van der Waals surface area contributed by atoms with Crippen molar-refractivity contribution in [3.63, 3.8) is 0 Å². The third-order valence-electron chi connectivity index (χ3n) is 10.0. The first-order valence-electron chi connectivity index (χ1n) is 16.0. The van der Waals surface area contributed by atoms with Crippen LogP contribution < -0.4 is 0 Å². The van der Waals surface area contributed by atoms with E-state index in [1.54, 1.807) is 0 Å². The fourth-order valence-corrected chi connectivity index (χ4v) is 9.39. The van der Waals surface area contributed by atoms with Crippen LogP contribution in [0.5, 0.6) is 0 Å². The summed E-state index contributed by atoms with van der Waals surface area (Å²) < 4.78 is 5.13.